The molecule has 10 heteroatoms. The summed E-state index contributed by atoms with van der Waals surface area (Å²) in [6.07, 6.45) is 0. The smallest absolute Gasteiger partial charge is 0.362 e. The highest BCUT2D eigenvalue weighted by Gasteiger charge is 2.11. The maximum atomic E-state index is 12.0. The van der Waals surface area contributed by atoms with Gasteiger partial charge in [-0.15, -0.1) is 10.2 Å². The second-order valence-corrected chi connectivity index (χ2v) is 5.86. The van der Waals surface area contributed by atoms with Gasteiger partial charge in [0.25, 0.3) is 11.6 Å². The van der Waals surface area contributed by atoms with Crippen molar-refractivity contribution in [3.63, 3.8) is 0 Å². The molecule has 3 rings (SSSR count). The van der Waals surface area contributed by atoms with E-state index in [1.807, 2.05) is 0 Å². The lowest BCUT2D eigenvalue weighted by Gasteiger charge is -2.06. The molecule has 0 atom stereocenters. The number of hydrogen-bond acceptors (Lipinski definition) is 8. The molecular weight excluding hydrogens is 392 g/mol. The van der Waals surface area contributed by atoms with Crippen molar-refractivity contribution in [2.24, 2.45) is 10.2 Å². The van der Waals surface area contributed by atoms with Crippen LogP contribution in [-0.4, -0.2) is 21.9 Å². The largest absolute Gasteiger partial charge is 0.507 e. The molecule has 3 aromatic rings. The van der Waals surface area contributed by atoms with Gasteiger partial charge in [0.05, 0.1) is 27.4 Å². The number of para-hydroxylation sites is 1. The van der Waals surface area contributed by atoms with Gasteiger partial charge in [0.1, 0.15) is 5.75 Å². The van der Waals surface area contributed by atoms with E-state index in [0.29, 0.717) is 11.4 Å². The highest BCUT2D eigenvalue weighted by molar-refractivity contribution is 5.97. The summed E-state index contributed by atoms with van der Waals surface area (Å²) in [6.45, 7) is 0. The Morgan fingerprint density at radius 1 is 0.967 bits per heavy atom. The number of amides is 1. The van der Waals surface area contributed by atoms with Gasteiger partial charge in [-0.1, -0.05) is 12.1 Å². The number of nitrogens with zero attached hydrogens (tertiary/aromatic N) is 3. The van der Waals surface area contributed by atoms with Crippen LogP contribution in [0, 0.1) is 10.1 Å². The first kappa shape index (κ1) is 20.1. The molecule has 1 amide bonds. The number of carbonyl (C=O) groups excluding carboxylic acids is 2. The van der Waals surface area contributed by atoms with Crippen molar-refractivity contribution < 1.29 is 24.5 Å². The number of nitro benzene ring substituents is 1. The fraction of sp³-hybridized carbons (Fsp3) is 0. The summed E-state index contributed by atoms with van der Waals surface area (Å²) in [5.41, 5.74) is 3.29. The van der Waals surface area contributed by atoms with Crippen LogP contribution in [-0.2, 0) is 4.84 Å². The first-order chi connectivity index (χ1) is 14.4. The lowest BCUT2D eigenvalue weighted by Crippen LogP contribution is -2.10. The topological polar surface area (TPSA) is 143 Å². The van der Waals surface area contributed by atoms with Crippen molar-refractivity contribution in [1.82, 2.24) is 0 Å². The molecule has 0 bridgehead atoms. The SMILES string of the molecule is O=C(ONc1ccc(N=NC(=O)c2ccccc2O)cc1)c1ccc([N+](=O)[O-])cc1. The van der Waals surface area contributed by atoms with Gasteiger partial charge in [-0.3, -0.25) is 14.9 Å². The molecule has 0 saturated heterocycles. The number of carbonyl (C=O) groups is 2. The molecule has 30 heavy (non-hydrogen) atoms. The third-order valence-corrected chi connectivity index (χ3v) is 3.83. The van der Waals surface area contributed by atoms with Crippen LogP contribution in [0.1, 0.15) is 20.7 Å². The van der Waals surface area contributed by atoms with E-state index in [0.717, 1.165) is 0 Å². The molecule has 0 saturated carbocycles. The average molecular weight is 406 g/mol. The van der Waals surface area contributed by atoms with E-state index in [1.165, 1.54) is 48.5 Å². The van der Waals surface area contributed by atoms with Crippen LogP contribution < -0.4 is 5.48 Å². The average Bonchev–Trinajstić information content (AvgIpc) is 2.77. The van der Waals surface area contributed by atoms with Crippen molar-refractivity contribution >= 4 is 28.9 Å². The monoisotopic (exact) mass is 406 g/mol. The summed E-state index contributed by atoms with van der Waals surface area (Å²) in [6, 6.07) is 17.1. The molecule has 10 nitrogen and oxygen atoms in total. The standard InChI is InChI=1S/C20H14N4O6/c25-18-4-2-1-3-17(18)19(26)22-21-14-7-9-15(10-8-14)23-30-20(27)13-5-11-16(12-6-13)24(28)29/h1-12,23,25H. The number of azo groups is 1. The lowest BCUT2D eigenvalue weighted by molar-refractivity contribution is -0.384. The van der Waals surface area contributed by atoms with Gasteiger partial charge in [-0.2, -0.15) is 0 Å². The minimum atomic E-state index is -0.720. The van der Waals surface area contributed by atoms with Crippen molar-refractivity contribution in [3.8, 4) is 5.75 Å². The summed E-state index contributed by atoms with van der Waals surface area (Å²) in [5.74, 6) is -1.59. The number of phenolic OH excluding ortho intramolecular Hbond substituents is 1. The molecule has 0 unspecified atom stereocenters. The van der Waals surface area contributed by atoms with E-state index in [2.05, 4.69) is 15.7 Å². The number of non-ortho nitro benzene ring substituents is 1. The predicted molar refractivity (Wildman–Crippen MR) is 106 cm³/mol. The molecule has 0 fully saturated rings. The van der Waals surface area contributed by atoms with Gasteiger partial charge < -0.3 is 9.94 Å². The molecule has 3 aromatic carbocycles. The van der Waals surface area contributed by atoms with Crippen LogP contribution in [0.25, 0.3) is 0 Å². The van der Waals surface area contributed by atoms with Crippen LogP contribution in [0.2, 0.25) is 0 Å². The number of anilines is 1. The van der Waals surface area contributed by atoms with Gasteiger partial charge >= 0.3 is 5.97 Å². The molecule has 0 spiro atoms. The van der Waals surface area contributed by atoms with Crippen LogP contribution in [0.3, 0.4) is 0 Å². The van der Waals surface area contributed by atoms with E-state index in [9.17, 15) is 24.8 Å². The Morgan fingerprint density at radius 2 is 1.63 bits per heavy atom. The minimum Gasteiger partial charge on any atom is -0.507 e. The lowest BCUT2D eigenvalue weighted by atomic mass is 10.2. The molecule has 0 heterocycles. The number of nitrogens with one attached hydrogen (secondary N) is 1. The summed E-state index contributed by atoms with van der Waals surface area (Å²) < 4.78 is 0. The summed E-state index contributed by atoms with van der Waals surface area (Å²) >= 11 is 0. The summed E-state index contributed by atoms with van der Waals surface area (Å²) in [4.78, 5) is 38.9. The second kappa shape index (κ2) is 9.06. The zero-order valence-corrected chi connectivity index (χ0v) is 15.3. The quantitative estimate of drug-likeness (QED) is 0.350. The number of hydrogen-bond donors (Lipinski definition) is 2. The number of phenols is 1. The van der Waals surface area contributed by atoms with E-state index in [1.54, 1.807) is 24.3 Å². The fourth-order valence-corrected chi connectivity index (χ4v) is 2.29. The van der Waals surface area contributed by atoms with Gasteiger partial charge in [0.2, 0.25) is 0 Å². The van der Waals surface area contributed by atoms with Crippen LogP contribution in [0.15, 0.2) is 83.0 Å². The van der Waals surface area contributed by atoms with Crippen LogP contribution in [0.5, 0.6) is 5.75 Å². The molecular formula is C20H14N4O6. The van der Waals surface area contributed by atoms with Gasteiger partial charge in [-0.05, 0) is 48.5 Å². The molecule has 0 aliphatic rings. The molecule has 0 aliphatic carbocycles. The van der Waals surface area contributed by atoms with E-state index in [4.69, 9.17) is 4.84 Å². The Bertz CT molecular complexity index is 1110. The van der Waals surface area contributed by atoms with Gasteiger partial charge in [-0.25, -0.2) is 10.3 Å². The second-order valence-electron chi connectivity index (χ2n) is 5.86. The van der Waals surface area contributed by atoms with Crippen molar-refractivity contribution in [2.75, 3.05) is 5.48 Å². The van der Waals surface area contributed by atoms with E-state index >= 15 is 0 Å². The van der Waals surface area contributed by atoms with Gasteiger partial charge in [0.15, 0.2) is 0 Å². The van der Waals surface area contributed by atoms with E-state index in [-0.39, 0.29) is 22.6 Å². The first-order valence-corrected chi connectivity index (χ1v) is 8.50. The molecule has 0 aromatic heterocycles. The zero-order valence-electron chi connectivity index (χ0n) is 15.3. The number of aromatic hydroxyl groups is 1. The Balaban J connectivity index is 1.56. The summed E-state index contributed by atoms with van der Waals surface area (Å²) in [7, 11) is 0. The fourth-order valence-electron chi connectivity index (χ4n) is 2.29. The maximum Gasteiger partial charge on any atom is 0.362 e. The molecule has 150 valence electrons. The molecule has 2 N–H and O–H groups in total. The molecule has 0 aliphatic heterocycles. The highest BCUT2D eigenvalue weighted by Crippen LogP contribution is 2.20. The van der Waals surface area contributed by atoms with E-state index < -0.39 is 16.8 Å². The Hall–Kier alpha value is -4.60. The van der Waals surface area contributed by atoms with Crippen LogP contribution >= 0.6 is 0 Å². The maximum absolute atomic E-state index is 12.0. The zero-order chi connectivity index (χ0) is 21.5. The summed E-state index contributed by atoms with van der Waals surface area (Å²) in [5, 5.41) is 27.6. The first-order valence-electron chi connectivity index (χ1n) is 8.50. The predicted octanol–water partition coefficient (Wildman–Crippen LogP) is 4.41. The molecule has 0 radical (unpaired) electrons. The Labute approximate surface area is 169 Å². The number of nitro groups is 1. The Morgan fingerprint density at radius 3 is 2.27 bits per heavy atom. The third-order valence-electron chi connectivity index (χ3n) is 3.83. The number of rotatable bonds is 6. The highest BCUT2D eigenvalue weighted by atomic mass is 16.7. The van der Waals surface area contributed by atoms with Crippen LogP contribution in [0.4, 0.5) is 17.1 Å². The normalized spacial score (nSPS) is 10.5. The van der Waals surface area contributed by atoms with Crippen molar-refractivity contribution in [3.05, 3.63) is 94.0 Å². The van der Waals surface area contributed by atoms with Crippen molar-refractivity contribution in [2.45, 2.75) is 0 Å². The Kier molecular flexibility index (Phi) is 6.08. The van der Waals surface area contributed by atoms with Gasteiger partial charge in [0, 0.05) is 12.1 Å². The van der Waals surface area contributed by atoms with Crippen molar-refractivity contribution in [1.29, 1.82) is 0 Å². The minimum absolute atomic E-state index is 0.0395. The third kappa shape index (κ3) is 5.01. The number of benzene rings is 3.